The van der Waals surface area contributed by atoms with Crippen molar-refractivity contribution in [3.05, 3.63) is 11.6 Å². The first kappa shape index (κ1) is 27.4. The lowest BCUT2D eigenvalue weighted by molar-refractivity contribution is -0.141. The molecule has 0 radical (unpaired) electrons. The molecule has 0 heterocycles. The number of ketones is 1. The average Bonchev–Trinajstić information content (AvgIpc) is 3.11. The molecule has 4 nitrogen and oxygen atoms in total. The SMILES string of the molecule is CCCCCCCCC(C)C(=O)O.C[C@]12CC[C@H]3[C@@H](CCC4=CC(=O)CC[C@@]43C)[C@@H]1CC[C@@H]2O. The van der Waals surface area contributed by atoms with Gasteiger partial charge < -0.3 is 10.2 Å². The highest BCUT2D eigenvalue weighted by molar-refractivity contribution is 5.91. The molecular formula is C30H50O4. The molecule has 34 heavy (non-hydrogen) atoms. The molecule has 4 aliphatic rings. The van der Waals surface area contributed by atoms with E-state index in [9.17, 15) is 14.7 Å². The van der Waals surface area contributed by atoms with E-state index in [1.54, 1.807) is 6.92 Å². The van der Waals surface area contributed by atoms with E-state index in [1.807, 2.05) is 6.08 Å². The Morgan fingerprint density at radius 2 is 1.71 bits per heavy atom. The minimum atomic E-state index is -0.659. The first-order chi connectivity index (χ1) is 16.1. The monoisotopic (exact) mass is 474 g/mol. The zero-order valence-corrected chi connectivity index (χ0v) is 22.3. The van der Waals surface area contributed by atoms with E-state index in [-0.39, 0.29) is 22.9 Å². The smallest absolute Gasteiger partial charge is 0.306 e. The lowest BCUT2D eigenvalue weighted by atomic mass is 9.47. The number of carbonyl (C=O) groups is 2. The fourth-order valence-corrected chi connectivity index (χ4v) is 7.89. The zero-order chi connectivity index (χ0) is 24.9. The fourth-order valence-electron chi connectivity index (χ4n) is 7.89. The van der Waals surface area contributed by atoms with E-state index in [0.29, 0.717) is 11.7 Å². The van der Waals surface area contributed by atoms with Gasteiger partial charge in [-0.25, -0.2) is 0 Å². The molecule has 3 fully saturated rings. The second-order valence-electron chi connectivity index (χ2n) is 12.4. The van der Waals surface area contributed by atoms with Crippen molar-refractivity contribution in [2.24, 2.45) is 34.5 Å². The van der Waals surface area contributed by atoms with E-state index >= 15 is 0 Å². The van der Waals surface area contributed by atoms with Crippen LogP contribution in [0.25, 0.3) is 0 Å². The Morgan fingerprint density at radius 3 is 2.41 bits per heavy atom. The van der Waals surface area contributed by atoms with Crippen LogP contribution in [0.15, 0.2) is 11.6 Å². The van der Waals surface area contributed by atoms with E-state index < -0.39 is 5.97 Å². The number of aliphatic carboxylic acids is 1. The van der Waals surface area contributed by atoms with Gasteiger partial charge >= 0.3 is 5.97 Å². The van der Waals surface area contributed by atoms with Gasteiger partial charge in [0.1, 0.15) is 0 Å². The number of unbranched alkanes of at least 4 members (excludes halogenated alkanes) is 5. The predicted molar refractivity (Wildman–Crippen MR) is 138 cm³/mol. The van der Waals surface area contributed by atoms with Gasteiger partial charge in [0, 0.05) is 6.42 Å². The Morgan fingerprint density at radius 1 is 1.00 bits per heavy atom. The summed E-state index contributed by atoms with van der Waals surface area (Å²) in [7, 11) is 0. The number of allylic oxidation sites excluding steroid dienone is 1. The number of carboxylic acid groups (broad SMARTS) is 1. The molecule has 0 spiro atoms. The summed E-state index contributed by atoms with van der Waals surface area (Å²) in [6, 6.07) is 0. The standard InChI is InChI=1S/C19H28O2.C11H22O2/c1-18-9-7-13(20)11-12(18)3-4-14-15-5-6-17(21)19(15,2)10-8-16(14)18;1-3-4-5-6-7-8-9-10(2)11(12)13/h11,14-17,21H,3-10H2,1-2H3;10H,3-9H2,1-2H3,(H,12,13)/t14-,15-,16-,17-,18-,19-;/m0./s1. The van der Waals surface area contributed by atoms with Crippen LogP contribution in [-0.2, 0) is 9.59 Å². The van der Waals surface area contributed by atoms with Crippen LogP contribution >= 0.6 is 0 Å². The van der Waals surface area contributed by atoms with Crippen molar-refractivity contribution in [1.82, 2.24) is 0 Å². The van der Waals surface area contributed by atoms with Crippen molar-refractivity contribution >= 4 is 11.8 Å². The van der Waals surface area contributed by atoms with Gasteiger partial charge in [-0.3, -0.25) is 9.59 Å². The zero-order valence-electron chi connectivity index (χ0n) is 22.3. The van der Waals surface area contributed by atoms with Gasteiger partial charge in [0.15, 0.2) is 5.78 Å². The first-order valence-electron chi connectivity index (χ1n) is 14.3. The summed E-state index contributed by atoms with van der Waals surface area (Å²) in [4.78, 5) is 22.3. The second kappa shape index (κ2) is 11.7. The molecule has 7 atom stereocenters. The Kier molecular flexibility index (Phi) is 9.45. The normalized spacial score (nSPS) is 37.4. The highest BCUT2D eigenvalue weighted by atomic mass is 16.4. The van der Waals surface area contributed by atoms with Crippen molar-refractivity contribution in [1.29, 1.82) is 0 Å². The summed E-state index contributed by atoms with van der Waals surface area (Å²) in [5.41, 5.74) is 1.89. The lowest BCUT2D eigenvalue weighted by Crippen LogP contribution is -2.51. The minimum Gasteiger partial charge on any atom is -0.481 e. The summed E-state index contributed by atoms with van der Waals surface area (Å²) in [6.07, 6.45) is 19.0. The summed E-state index contributed by atoms with van der Waals surface area (Å²) >= 11 is 0. The van der Waals surface area contributed by atoms with Crippen molar-refractivity contribution in [2.45, 2.75) is 130 Å². The summed E-state index contributed by atoms with van der Waals surface area (Å²) in [5, 5.41) is 19.1. The van der Waals surface area contributed by atoms with Crippen molar-refractivity contribution < 1.29 is 19.8 Å². The predicted octanol–water partition coefficient (Wildman–Crippen LogP) is 7.34. The molecule has 0 aromatic rings. The largest absolute Gasteiger partial charge is 0.481 e. The van der Waals surface area contributed by atoms with Crippen LogP contribution in [0.1, 0.15) is 124 Å². The molecule has 3 saturated carbocycles. The lowest BCUT2D eigenvalue weighted by Gasteiger charge is -2.57. The van der Waals surface area contributed by atoms with Crippen LogP contribution in [0.5, 0.6) is 0 Å². The number of rotatable bonds is 8. The van der Waals surface area contributed by atoms with Gasteiger partial charge in [-0.15, -0.1) is 0 Å². The topological polar surface area (TPSA) is 74.6 Å². The van der Waals surface area contributed by atoms with Gasteiger partial charge in [-0.2, -0.15) is 0 Å². The molecule has 0 bridgehead atoms. The molecule has 0 aromatic carbocycles. The Hall–Kier alpha value is -1.16. The molecule has 0 amide bonds. The van der Waals surface area contributed by atoms with Crippen LogP contribution in [0.3, 0.4) is 0 Å². The Balaban J connectivity index is 0.000000218. The van der Waals surface area contributed by atoms with Crippen LogP contribution in [-0.4, -0.2) is 28.1 Å². The molecule has 0 aromatic heterocycles. The third-order valence-electron chi connectivity index (χ3n) is 10.3. The maximum absolute atomic E-state index is 11.8. The highest BCUT2D eigenvalue weighted by Crippen LogP contribution is 2.65. The van der Waals surface area contributed by atoms with Crippen LogP contribution in [0.2, 0.25) is 0 Å². The quantitative estimate of drug-likeness (QED) is 0.361. The highest BCUT2D eigenvalue weighted by Gasteiger charge is 2.58. The van der Waals surface area contributed by atoms with E-state index in [0.717, 1.165) is 50.4 Å². The van der Waals surface area contributed by atoms with Gasteiger partial charge in [0.2, 0.25) is 0 Å². The third-order valence-corrected chi connectivity index (χ3v) is 10.3. The van der Waals surface area contributed by atoms with Gasteiger partial charge in [-0.1, -0.05) is 71.8 Å². The molecule has 4 rings (SSSR count). The Labute approximate surface area is 208 Å². The van der Waals surface area contributed by atoms with Crippen molar-refractivity contribution in [2.75, 3.05) is 0 Å². The first-order valence-corrected chi connectivity index (χ1v) is 14.3. The number of carbonyl (C=O) groups excluding carboxylic acids is 1. The maximum Gasteiger partial charge on any atom is 0.306 e. The number of hydrogen-bond donors (Lipinski definition) is 2. The number of fused-ring (bicyclic) bond motifs is 5. The second-order valence-corrected chi connectivity index (χ2v) is 12.4. The molecule has 2 N–H and O–H groups in total. The summed E-state index contributed by atoms with van der Waals surface area (Å²) < 4.78 is 0. The van der Waals surface area contributed by atoms with E-state index in [1.165, 1.54) is 63.4 Å². The maximum atomic E-state index is 11.8. The molecule has 4 heteroatoms. The van der Waals surface area contributed by atoms with Crippen LogP contribution in [0.4, 0.5) is 0 Å². The van der Waals surface area contributed by atoms with Crippen LogP contribution < -0.4 is 0 Å². The van der Waals surface area contributed by atoms with Gasteiger partial charge in [-0.05, 0) is 86.0 Å². The molecule has 4 aliphatic carbocycles. The third kappa shape index (κ3) is 5.79. The fraction of sp³-hybridized carbons (Fsp3) is 0.867. The molecule has 0 aliphatic heterocycles. The average molecular weight is 475 g/mol. The molecule has 194 valence electrons. The molecule has 1 unspecified atom stereocenters. The minimum absolute atomic E-state index is 0.0823. The molecular weight excluding hydrogens is 424 g/mol. The van der Waals surface area contributed by atoms with E-state index in [2.05, 4.69) is 20.8 Å². The van der Waals surface area contributed by atoms with Gasteiger partial charge in [0.05, 0.1) is 12.0 Å². The Bertz CT molecular complexity index is 742. The number of aliphatic hydroxyl groups is 1. The van der Waals surface area contributed by atoms with Crippen molar-refractivity contribution in [3.63, 3.8) is 0 Å². The molecule has 0 saturated heterocycles. The van der Waals surface area contributed by atoms with Crippen molar-refractivity contribution in [3.8, 4) is 0 Å². The van der Waals surface area contributed by atoms with E-state index in [4.69, 9.17) is 5.11 Å². The number of carboxylic acids is 1. The van der Waals surface area contributed by atoms with Gasteiger partial charge in [0.25, 0.3) is 0 Å². The number of aliphatic hydroxyl groups excluding tert-OH is 1. The van der Waals surface area contributed by atoms with Crippen LogP contribution in [0, 0.1) is 34.5 Å². The summed E-state index contributed by atoms with van der Waals surface area (Å²) in [5.74, 6) is 1.75. The number of hydrogen-bond acceptors (Lipinski definition) is 3. The summed E-state index contributed by atoms with van der Waals surface area (Å²) in [6.45, 7) is 8.75.